The lowest BCUT2D eigenvalue weighted by Gasteiger charge is -2.35. The Bertz CT molecular complexity index is 1360. The highest BCUT2D eigenvalue weighted by atomic mass is 32.1. The molecule has 4 nitrogen and oxygen atoms in total. The number of benzene rings is 2. The van der Waals surface area contributed by atoms with Crippen molar-refractivity contribution in [2.45, 2.75) is 51.4 Å². The molecule has 0 bridgehead atoms. The van der Waals surface area contributed by atoms with E-state index in [1.165, 1.54) is 11.3 Å². The third-order valence-electron chi connectivity index (χ3n) is 6.89. The van der Waals surface area contributed by atoms with Crippen LogP contribution in [0.2, 0.25) is 0 Å². The molecule has 0 spiro atoms. The Morgan fingerprint density at radius 1 is 1.11 bits per heavy atom. The molecule has 1 aromatic heterocycles. The van der Waals surface area contributed by atoms with Crippen LogP contribution in [0.4, 0.5) is 24.5 Å². The van der Waals surface area contributed by atoms with Crippen LogP contribution in [-0.2, 0) is 11.0 Å². The lowest BCUT2D eigenvalue weighted by atomic mass is 10.0. The summed E-state index contributed by atoms with van der Waals surface area (Å²) in [5, 5.41) is 8.20. The Balaban J connectivity index is 1.53. The zero-order chi connectivity index (χ0) is 27.5. The smallest absolute Gasteiger partial charge is 0.381 e. The van der Waals surface area contributed by atoms with Crippen molar-refractivity contribution < 1.29 is 17.7 Å². The molecule has 1 saturated heterocycles. The van der Waals surface area contributed by atoms with Crippen molar-refractivity contribution in [3.05, 3.63) is 52.9 Å². The number of hydrogen-bond donors (Lipinski definition) is 2. The average Bonchev–Trinajstić information content (AvgIpc) is 3.18. The summed E-state index contributed by atoms with van der Waals surface area (Å²) in [5.41, 5.74) is 1.95. The standard InChI is InChI=1S/C29H35F3N3OPS/c1-20(2)35-17-14-22(15-18-35)34-26-8-5-7-24-25(19-29(30,31)32)27(38-28(24)26)9-6-16-33-21-10-12-23(13-11-21)37(3,4)36/h5,7-8,10-13,20,22,33-34H,14-19H2,1-4H3. The minimum absolute atomic E-state index is 0.245. The number of thiophene rings is 1. The third-order valence-corrected chi connectivity index (χ3v) is 9.63. The van der Waals surface area contributed by atoms with Gasteiger partial charge in [-0.15, -0.1) is 11.3 Å². The number of anilines is 2. The summed E-state index contributed by atoms with van der Waals surface area (Å²) in [6.07, 6.45) is -3.32. The second-order valence-electron chi connectivity index (χ2n) is 10.5. The second kappa shape index (κ2) is 11.7. The zero-order valence-electron chi connectivity index (χ0n) is 22.3. The predicted molar refractivity (Wildman–Crippen MR) is 156 cm³/mol. The van der Waals surface area contributed by atoms with Gasteiger partial charge in [-0.1, -0.05) is 24.0 Å². The van der Waals surface area contributed by atoms with Crippen LogP contribution in [-0.4, -0.2) is 56.1 Å². The van der Waals surface area contributed by atoms with Crippen LogP contribution in [0.1, 0.15) is 37.1 Å². The van der Waals surface area contributed by atoms with E-state index in [1.54, 1.807) is 19.4 Å². The quantitative estimate of drug-likeness (QED) is 0.241. The lowest BCUT2D eigenvalue weighted by molar-refractivity contribution is -0.126. The number of likely N-dealkylation sites (tertiary alicyclic amines) is 1. The van der Waals surface area contributed by atoms with Crippen molar-refractivity contribution in [3.8, 4) is 11.8 Å². The van der Waals surface area contributed by atoms with Gasteiger partial charge in [0.05, 0.1) is 28.2 Å². The number of hydrogen-bond acceptors (Lipinski definition) is 5. The van der Waals surface area contributed by atoms with Gasteiger partial charge in [-0.3, -0.25) is 0 Å². The summed E-state index contributed by atoms with van der Waals surface area (Å²) in [6.45, 7) is 10.2. The van der Waals surface area contributed by atoms with Crippen molar-refractivity contribution in [2.24, 2.45) is 0 Å². The number of rotatable bonds is 7. The fourth-order valence-electron chi connectivity index (χ4n) is 4.75. The first-order chi connectivity index (χ1) is 17.9. The van der Waals surface area contributed by atoms with E-state index in [0.29, 0.717) is 22.3 Å². The fourth-order valence-corrected chi connectivity index (χ4v) is 6.79. The normalized spacial score (nSPS) is 15.5. The van der Waals surface area contributed by atoms with Crippen LogP contribution in [0.15, 0.2) is 42.5 Å². The van der Waals surface area contributed by atoms with Crippen molar-refractivity contribution in [2.75, 3.05) is 43.6 Å². The summed E-state index contributed by atoms with van der Waals surface area (Å²) < 4.78 is 53.6. The zero-order valence-corrected chi connectivity index (χ0v) is 24.0. The van der Waals surface area contributed by atoms with E-state index in [9.17, 15) is 17.7 Å². The molecule has 0 aliphatic carbocycles. The maximum absolute atomic E-state index is 13.5. The van der Waals surface area contributed by atoms with Crippen LogP contribution in [0.25, 0.3) is 10.1 Å². The van der Waals surface area contributed by atoms with Gasteiger partial charge in [-0.05, 0) is 81.3 Å². The van der Waals surface area contributed by atoms with Gasteiger partial charge in [0, 0.05) is 36.2 Å². The number of alkyl halides is 3. The summed E-state index contributed by atoms with van der Waals surface area (Å²) >= 11 is 1.33. The maximum Gasteiger partial charge on any atom is 0.393 e. The molecule has 4 rings (SSSR count). The Morgan fingerprint density at radius 2 is 1.79 bits per heavy atom. The maximum atomic E-state index is 13.5. The molecule has 0 unspecified atom stereocenters. The Hall–Kier alpha value is -2.46. The largest absolute Gasteiger partial charge is 0.393 e. The topological polar surface area (TPSA) is 44.4 Å². The molecular weight excluding hydrogens is 526 g/mol. The number of nitrogens with zero attached hydrogens (tertiary/aromatic N) is 1. The van der Waals surface area contributed by atoms with Gasteiger partial charge >= 0.3 is 6.18 Å². The summed E-state index contributed by atoms with van der Waals surface area (Å²) in [6, 6.07) is 13.7. The molecule has 2 heterocycles. The Labute approximate surface area is 227 Å². The van der Waals surface area contributed by atoms with Crippen molar-refractivity contribution in [1.29, 1.82) is 0 Å². The Kier molecular flexibility index (Phi) is 8.82. The van der Waals surface area contributed by atoms with Gasteiger partial charge in [-0.25, -0.2) is 0 Å². The number of fused-ring (bicyclic) bond motifs is 1. The third kappa shape index (κ3) is 7.34. The molecule has 1 aliphatic heterocycles. The molecule has 9 heteroatoms. The van der Waals surface area contributed by atoms with Crippen LogP contribution in [0.5, 0.6) is 0 Å². The molecule has 2 aromatic carbocycles. The molecule has 0 saturated carbocycles. The van der Waals surface area contributed by atoms with Gasteiger partial charge in [0.1, 0.15) is 7.14 Å². The molecule has 0 amide bonds. The molecule has 3 aromatic rings. The Morgan fingerprint density at radius 3 is 2.39 bits per heavy atom. The number of piperidine rings is 1. The van der Waals surface area contributed by atoms with Gasteiger partial charge in [0.25, 0.3) is 0 Å². The van der Waals surface area contributed by atoms with Gasteiger partial charge in [0.2, 0.25) is 0 Å². The highest BCUT2D eigenvalue weighted by Gasteiger charge is 2.31. The molecule has 1 aliphatic rings. The summed E-state index contributed by atoms with van der Waals surface area (Å²) in [4.78, 5) is 2.91. The lowest BCUT2D eigenvalue weighted by Crippen LogP contribution is -2.42. The monoisotopic (exact) mass is 561 g/mol. The molecular formula is C29H35F3N3OPS. The van der Waals surface area contributed by atoms with Crippen molar-refractivity contribution in [3.63, 3.8) is 0 Å². The molecule has 2 N–H and O–H groups in total. The fraction of sp³-hybridized carbons (Fsp3) is 0.448. The van der Waals surface area contributed by atoms with Gasteiger partial charge in [-0.2, -0.15) is 13.2 Å². The first-order valence-electron chi connectivity index (χ1n) is 12.9. The van der Waals surface area contributed by atoms with Crippen molar-refractivity contribution in [1.82, 2.24) is 4.90 Å². The minimum atomic E-state index is -4.32. The number of nitrogens with one attached hydrogen (secondary N) is 2. The number of halogens is 3. The van der Waals surface area contributed by atoms with E-state index < -0.39 is 19.7 Å². The molecule has 38 heavy (non-hydrogen) atoms. The van der Waals surface area contributed by atoms with E-state index in [0.717, 1.165) is 47.3 Å². The van der Waals surface area contributed by atoms with E-state index in [2.05, 4.69) is 41.2 Å². The average molecular weight is 562 g/mol. The summed E-state index contributed by atoms with van der Waals surface area (Å²) in [5.74, 6) is 6.01. The molecule has 1 fully saturated rings. The first kappa shape index (κ1) is 28.5. The van der Waals surface area contributed by atoms with Crippen LogP contribution in [0.3, 0.4) is 0 Å². The predicted octanol–water partition coefficient (Wildman–Crippen LogP) is 7.00. The van der Waals surface area contributed by atoms with E-state index in [4.69, 9.17) is 0 Å². The van der Waals surface area contributed by atoms with Crippen LogP contribution < -0.4 is 15.9 Å². The summed E-state index contributed by atoms with van der Waals surface area (Å²) in [7, 11) is -2.32. The van der Waals surface area contributed by atoms with Crippen LogP contribution in [0, 0.1) is 11.8 Å². The van der Waals surface area contributed by atoms with E-state index in [1.807, 2.05) is 36.4 Å². The first-order valence-corrected chi connectivity index (χ1v) is 16.3. The SMILES string of the molecule is CC(C)N1CCC(Nc2cccc3c(CC(F)(F)F)c(C#CCNc4ccc(P(C)(C)=O)cc4)sc23)CC1. The van der Waals surface area contributed by atoms with E-state index >= 15 is 0 Å². The van der Waals surface area contributed by atoms with Gasteiger partial charge < -0.3 is 20.1 Å². The minimum Gasteiger partial charge on any atom is -0.381 e. The molecule has 0 atom stereocenters. The van der Waals surface area contributed by atoms with Crippen LogP contribution >= 0.6 is 18.5 Å². The second-order valence-corrected chi connectivity index (χ2v) is 14.7. The molecule has 0 radical (unpaired) electrons. The molecule has 204 valence electrons. The van der Waals surface area contributed by atoms with Gasteiger partial charge in [0.15, 0.2) is 0 Å². The highest BCUT2D eigenvalue weighted by Crippen LogP contribution is 2.39. The van der Waals surface area contributed by atoms with E-state index in [-0.39, 0.29) is 12.1 Å². The van der Waals surface area contributed by atoms with Crippen molar-refractivity contribution >= 4 is 45.2 Å². The highest BCUT2D eigenvalue weighted by molar-refractivity contribution is 7.70.